The van der Waals surface area contributed by atoms with Crippen molar-refractivity contribution >= 4 is 20.0 Å². The summed E-state index contributed by atoms with van der Waals surface area (Å²) in [5, 5.41) is 0. The van der Waals surface area contributed by atoms with Crippen LogP contribution in [-0.2, 0) is 33.1 Å². The van der Waals surface area contributed by atoms with Gasteiger partial charge in [-0.05, 0) is 75.4 Å². The molecule has 0 fully saturated rings. The van der Waals surface area contributed by atoms with Crippen LogP contribution in [0.1, 0.15) is 49.9 Å². The zero-order valence-electron chi connectivity index (χ0n) is 27.2. The Balaban J connectivity index is 1.85. The van der Waals surface area contributed by atoms with E-state index in [1.54, 1.807) is 32.9 Å². The van der Waals surface area contributed by atoms with E-state index >= 15 is 0 Å². The molecular weight excluding hydrogens is 593 g/mol. The van der Waals surface area contributed by atoms with Crippen molar-refractivity contribution in [1.82, 2.24) is 18.4 Å². The Kier molecular flexibility index (Phi) is 13.6. The summed E-state index contributed by atoms with van der Waals surface area (Å²) in [7, 11) is -7.43. The van der Waals surface area contributed by atoms with E-state index in [1.807, 2.05) is 62.4 Å². The van der Waals surface area contributed by atoms with Crippen LogP contribution in [0.5, 0.6) is 0 Å². The van der Waals surface area contributed by atoms with E-state index in [1.165, 1.54) is 0 Å². The van der Waals surface area contributed by atoms with E-state index in [0.717, 1.165) is 48.4 Å². The van der Waals surface area contributed by atoms with Crippen molar-refractivity contribution < 1.29 is 16.8 Å². The molecule has 8 nitrogen and oxygen atoms in total. The zero-order valence-corrected chi connectivity index (χ0v) is 28.9. The zero-order chi connectivity index (χ0) is 32.3. The molecule has 242 valence electrons. The first kappa shape index (κ1) is 35.9. The molecule has 44 heavy (non-hydrogen) atoms. The van der Waals surface area contributed by atoms with Crippen molar-refractivity contribution in [1.29, 1.82) is 0 Å². The summed E-state index contributed by atoms with van der Waals surface area (Å²) in [5.41, 5.74) is 3.70. The fraction of sp³-hybridized carbons (Fsp3) is 0.471. The standard InChI is InChI=1S/C34H50N4O4S2/c1-7-35(8-2)23-25-37(43(39,40)33-19-11-29(5)12-20-33)27-31-15-17-32(18-16-31)28-38(26-24-36(9-3)10-4)44(41,42)34-21-13-30(6)14-22-34/h11-22H,7-10,23-28H2,1-6H3. The maximum atomic E-state index is 13.7. The molecule has 3 aromatic rings. The number of aryl methyl sites for hydroxylation is 2. The van der Waals surface area contributed by atoms with Gasteiger partial charge < -0.3 is 9.80 Å². The third-order valence-corrected chi connectivity index (χ3v) is 11.9. The lowest BCUT2D eigenvalue weighted by Gasteiger charge is -2.27. The van der Waals surface area contributed by atoms with Gasteiger partial charge in [0.25, 0.3) is 0 Å². The monoisotopic (exact) mass is 642 g/mol. The number of benzene rings is 3. The molecule has 0 radical (unpaired) electrons. The second kappa shape index (κ2) is 16.6. The summed E-state index contributed by atoms with van der Waals surface area (Å²) < 4.78 is 58.0. The first-order valence-corrected chi connectivity index (χ1v) is 18.5. The van der Waals surface area contributed by atoms with Gasteiger partial charge in [0.05, 0.1) is 9.79 Å². The number of rotatable bonds is 18. The van der Waals surface area contributed by atoms with Gasteiger partial charge in [-0.25, -0.2) is 16.8 Å². The highest BCUT2D eigenvalue weighted by Crippen LogP contribution is 2.22. The van der Waals surface area contributed by atoms with Crippen molar-refractivity contribution in [2.24, 2.45) is 0 Å². The first-order chi connectivity index (χ1) is 20.9. The molecule has 0 aliphatic rings. The van der Waals surface area contributed by atoms with Crippen LogP contribution in [-0.4, -0.2) is 87.6 Å². The summed E-state index contributed by atoms with van der Waals surface area (Å²) in [6, 6.07) is 21.6. The molecule has 3 rings (SSSR count). The van der Waals surface area contributed by atoms with Gasteiger partial charge >= 0.3 is 0 Å². The SMILES string of the molecule is CCN(CC)CCN(Cc1ccc(CN(CCN(CC)CC)S(=O)(=O)c2ccc(C)cc2)cc1)S(=O)(=O)c1ccc(C)cc1. The van der Waals surface area contributed by atoms with E-state index < -0.39 is 20.0 Å². The van der Waals surface area contributed by atoms with Gasteiger partial charge in [0.2, 0.25) is 20.0 Å². The van der Waals surface area contributed by atoms with Crippen LogP contribution in [0.3, 0.4) is 0 Å². The van der Waals surface area contributed by atoms with Crippen LogP contribution in [0.25, 0.3) is 0 Å². The van der Waals surface area contributed by atoms with Gasteiger partial charge in [0.1, 0.15) is 0 Å². The van der Waals surface area contributed by atoms with Crippen LogP contribution < -0.4 is 0 Å². The molecule has 0 N–H and O–H groups in total. The van der Waals surface area contributed by atoms with Gasteiger partial charge in [0, 0.05) is 39.3 Å². The summed E-state index contributed by atoms with van der Waals surface area (Å²) in [4.78, 5) is 4.98. The summed E-state index contributed by atoms with van der Waals surface area (Å²) >= 11 is 0. The molecule has 0 atom stereocenters. The van der Waals surface area contributed by atoms with Gasteiger partial charge in [-0.3, -0.25) is 0 Å². The molecule has 0 aliphatic heterocycles. The molecule has 0 saturated heterocycles. The molecule has 0 bridgehead atoms. The smallest absolute Gasteiger partial charge is 0.243 e. The van der Waals surface area contributed by atoms with E-state index in [0.29, 0.717) is 26.2 Å². The predicted molar refractivity (Wildman–Crippen MR) is 180 cm³/mol. The summed E-state index contributed by atoms with van der Waals surface area (Å²) in [5.74, 6) is 0. The predicted octanol–water partition coefficient (Wildman–Crippen LogP) is 5.37. The number of likely N-dealkylation sites (N-methyl/N-ethyl adjacent to an activating group) is 2. The second-order valence-corrected chi connectivity index (χ2v) is 15.0. The summed E-state index contributed by atoms with van der Waals surface area (Å²) in [6.45, 7) is 18.0. The van der Waals surface area contributed by atoms with Crippen LogP contribution >= 0.6 is 0 Å². The van der Waals surface area contributed by atoms with Crippen molar-refractivity contribution in [3.05, 3.63) is 95.1 Å². The van der Waals surface area contributed by atoms with Crippen molar-refractivity contribution in [3.8, 4) is 0 Å². The quantitative estimate of drug-likeness (QED) is 0.186. The minimum absolute atomic E-state index is 0.227. The van der Waals surface area contributed by atoms with E-state index in [4.69, 9.17) is 0 Å². The Morgan fingerprint density at radius 2 is 0.750 bits per heavy atom. The van der Waals surface area contributed by atoms with E-state index in [9.17, 15) is 16.8 Å². The molecule has 0 aliphatic carbocycles. The number of sulfonamides is 2. The average molecular weight is 643 g/mol. The molecule has 0 aromatic heterocycles. The van der Waals surface area contributed by atoms with Crippen LogP contribution in [0, 0.1) is 13.8 Å². The van der Waals surface area contributed by atoms with Gasteiger partial charge in [-0.1, -0.05) is 87.4 Å². The lowest BCUT2D eigenvalue weighted by Crippen LogP contribution is -2.38. The normalized spacial score (nSPS) is 12.6. The molecule has 10 heteroatoms. The number of hydrogen-bond donors (Lipinski definition) is 0. The molecule has 0 amide bonds. The van der Waals surface area contributed by atoms with Gasteiger partial charge in [0.15, 0.2) is 0 Å². The van der Waals surface area contributed by atoms with Crippen LogP contribution in [0.4, 0.5) is 0 Å². The van der Waals surface area contributed by atoms with Crippen LogP contribution in [0.2, 0.25) is 0 Å². The summed E-state index contributed by atoms with van der Waals surface area (Å²) in [6.07, 6.45) is 0. The van der Waals surface area contributed by atoms with Crippen molar-refractivity contribution in [2.45, 2.75) is 64.4 Å². The van der Waals surface area contributed by atoms with Gasteiger partial charge in [-0.15, -0.1) is 0 Å². The largest absolute Gasteiger partial charge is 0.303 e. The third kappa shape index (κ3) is 9.70. The molecule has 0 spiro atoms. The van der Waals surface area contributed by atoms with Gasteiger partial charge in [-0.2, -0.15) is 8.61 Å². The topological polar surface area (TPSA) is 81.2 Å². The van der Waals surface area contributed by atoms with Crippen molar-refractivity contribution in [2.75, 3.05) is 52.4 Å². The van der Waals surface area contributed by atoms with E-state index in [2.05, 4.69) is 37.5 Å². The minimum atomic E-state index is -3.72. The highest BCUT2D eigenvalue weighted by atomic mass is 32.2. The Morgan fingerprint density at radius 3 is 1.02 bits per heavy atom. The minimum Gasteiger partial charge on any atom is -0.303 e. The maximum Gasteiger partial charge on any atom is 0.243 e. The number of nitrogens with zero attached hydrogens (tertiary/aromatic N) is 4. The molecule has 0 saturated carbocycles. The Morgan fingerprint density at radius 1 is 0.455 bits per heavy atom. The Labute approximate surface area is 266 Å². The Hall–Kier alpha value is -2.60. The lowest BCUT2D eigenvalue weighted by atomic mass is 10.1. The fourth-order valence-corrected chi connectivity index (χ4v) is 7.87. The molecule has 0 heterocycles. The molecule has 0 unspecified atom stereocenters. The van der Waals surface area contributed by atoms with E-state index in [-0.39, 0.29) is 22.9 Å². The molecule has 3 aromatic carbocycles. The number of hydrogen-bond acceptors (Lipinski definition) is 6. The fourth-order valence-electron chi connectivity index (χ4n) is 5.03. The van der Waals surface area contributed by atoms with Crippen molar-refractivity contribution in [3.63, 3.8) is 0 Å². The molecular formula is C34H50N4O4S2. The third-order valence-electron chi connectivity index (χ3n) is 8.18. The second-order valence-electron chi connectivity index (χ2n) is 11.2. The lowest BCUT2D eigenvalue weighted by molar-refractivity contribution is 0.268. The maximum absolute atomic E-state index is 13.7. The highest BCUT2D eigenvalue weighted by Gasteiger charge is 2.27. The highest BCUT2D eigenvalue weighted by molar-refractivity contribution is 7.89. The Bertz CT molecular complexity index is 1380. The average Bonchev–Trinajstić information content (AvgIpc) is 3.01. The first-order valence-electron chi connectivity index (χ1n) is 15.6. The van der Waals surface area contributed by atoms with Crippen LogP contribution in [0.15, 0.2) is 82.6 Å².